The molecule has 1 aromatic carbocycles. The van der Waals surface area contributed by atoms with Gasteiger partial charge in [-0.2, -0.15) is 0 Å². The number of ether oxygens (including phenoxy) is 1. The van der Waals surface area contributed by atoms with Gasteiger partial charge >= 0.3 is 12.1 Å². The van der Waals surface area contributed by atoms with Gasteiger partial charge < -0.3 is 15.2 Å². The molecule has 0 saturated heterocycles. The van der Waals surface area contributed by atoms with Crippen molar-refractivity contribution in [3.63, 3.8) is 0 Å². The van der Waals surface area contributed by atoms with Crippen molar-refractivity contribution in [2.24, 2.45) is 11.8 Å². The van der Waals surface area contributed by atoms with E-state index in [0.717, 1.165) is 12.0 Å². The molecule has 3 atom stereocenters. The quantitative estimate of drug-likeness (QED) is 0.869. The van der Waals surface area contributed by atoms with E-state index in [1.807, 2.05) is 30.3 Å². The van der Waals surface area contributed by atoms with Gasteiger partial charge in [0.15, 0.2) is 0 Å². The van der Waals surface area contributed by atoms with Crippen LogP contribution in [-0.4, -0.2) is 22.7 Å². The summed E-state index contributed by atoms with van der Waals surface area (Å²) in [5.74, 6) is 0.0201. The van der Waals surface area contributed by atoms with Crippen LogP contribution in [0.4, 0.5) is 4.79 Å². The second-order valence-corrected chi connectivity index (χ2v) is 6.73. The number of benzene rings is 1. The van der Waals surface area contributed by atoms with Crippen molar-refractivity contribution < 1.29 is 19.4 Å². The number of nitrogens with one attached hydrogen (secondary N) is 1. The molecule has 1 aromatic rings. The number of amides is 1. The van der Waals surface area contributed by atoms with Crippen LogP contribution in [0.5, 0.6) is 0 Å². The van der Waals surface area contributed by atoms with Crippen LogP contribution < -0.4 is 5.32 Å². The van der Waals surface area contributed by atoms with Crippen molar-refractivity contribution in [2.75, 3.05) is 0 Å². The molecule has 1 aliphatic carbocycles. The summed E-state index contributed by atoms with van der Waals surface area (Å²) in [5, 5.41) is 12.1. The van der Waals surface area contributed by atoms with Crippen LogP contribution in [0.15, 0.2) is 30.3 Å². The molecule has 0 aliphatic heterocycles. The Morgan fingerprint density at radius 1 is 1.26 bits per heavy atom. The first kappa shape index (κ1) is 17.3. The lowest BCUT2D eigenvalue weighted by atomic mass is 9.70. The predicted molar refractivity (Wildman–Crippen MR) is 86.9 cm³/mol. The van der Waals surface area contributed by atoms with Gasteiger partial charge in [0.25, 0.3) is 0 Å². The number of carbonyl (C=O) groups excluding carboxylic acids is 1. The highest BCUT2D eigenvalue weighted by Crippen LogP contribution is 2.38. The Kier molecular flexibility index (Phi) is 5.64. The Morgan fingerprint density at radius 2 is 1.96 bits per heavy atom. The van der Waals surface area contributed by atoms with E-state index < -0.39 is 17.6 Å². The van der Waals surface area contributed by atoms with E-state index in [2.05, 4.69) is 19.2 Å². The van der Waals surface area contributed by atoms with Gasteiger partial charge in [0.2, 0.25) is 0 Å². The molecular formula is C18H25NO4. The van der Waals surface area contributed by atoms with E-state index in [-0.39, 0.29) is 13.0 Å². The van der Waals surface area contributed by atoms with Gasteiger partial charge in [-0.1, -0.05) is 44.2 Å². The minimum atomic E-state index is -0.893. The zero-order valence-corrected chi connectivity index (χ0v) is 13.7. The molecule has 2 rings (SSSR count). The Hall–Kier alpha value is -2.04. The molecule has 5 nitrogen and oxygen atoms in total. The van der Waals surface area contributed by atoms with E-state index in [9.17, 15) is 14.7 Å². The van der Waals surface area contributed by atoms with Crippen molar-refractivity contribution in [2.45, 2.75) is 51.7 Å². The topological polar surface area (TPSA) is 75.6 Å². The summed E-state index contributed by atoms with van der Waals surface area (Å²) in [7, 11) is 0. The Balaban J connectivity index is 1.97. The molecule has 0 heterocycles. The molecular weight excluding hydrogens is 294 g/mol. The van der Waals surface area contributed by atoms with Gasteiger partial charge in [0.05, 0.1) is 12.0 Å². The molecule has 126 valence electrons. The van der Waals surface area contributed by atoms with Crippen LogP contribution in [0.2, 0.25) is 0 Å². The van der Waals surface area contributed by atoms with Gasteiger partial charge in [0, 0.05) is 0 Å². The fourth-order valence-corrected chi connectivity index (χ4v) is 3.29. The third-order valence-electron chi connectivity index (χ3n) is 4.83. The first-order valence-corrected chi connectivity index (χ1v) is 8.11. The van der Waals surface area contributed by atoms with Gasteiger partial charge in [-0.05, 0) is 36.7 Å². The molecule has 1 fully saturated rings. The third kappa shape index (κ3) is 4.98. The number of carbonyl (C=O) groups is 2. The molecule has 0 spiro atoms. The van der Waals surface area contributed by atoms with E-state index >= 15 is 0 Å². The summed E-state index contributed by atoms with van der Waals surface area (Å²) in [6.07, 6.45) is 1.64. The van der Waals surface area contributed by atoms with Crippen molar-refractivity contribution in [3.8, 4) is 0 Å². The smallest absolute Gasteiger partial charge is 0.407 e. The summed E-state index contributed by atoms with van der Waals surface area (Å²) in [6.45, 7) is 4.46. The van der Waals surface area contributed by atoms with E-state index in [4.69, 9.17) is 4.74 Å². The number of hydrogen-bond acceptors (Lipinski definition) is 3. The highest BCUT2D eigenvalue weighted by Gasteiger charge is 2.41. The SMILES string of the molecule is CC1CCC(CC(=O)O)(NC(=O)OCc2ccccc2)CC1C. The van der Waals surface area contributed by atoms with Crippen LogP contribution in [0.1, 0.15) is 45.1 Å². The molecule has 0 aromatic heterocycles. The highest BCUT2D eigenvalue weighted by molar-refractivity contribution is 5.72. The largest absolute Gasteiger partial charge is 0.481 e. The third-order valence-corrected chi connectivity index (χ3v) is 4.83. The van der Waals surface area contributed by atoms with Gasteiger partial charge in [0.1, 0.15) is 6.61 Å². The molecule has 1 aliphatic rings. The van der Waals surface area contributed by atoms with Crippen LogP contribution >= 0.6 is 0 Å². The van der Waals surface area contributed by atoms with E-state index in [1.165, 1.54) is 0 Å². The standard InChI is InChI=1S/C18H25NO4/c1-13-8-9-18(10-14(13)2,11-16(20)21)19-17(22)23-12-15-6-4-3-5-7-15/h3-7,13-14H,8-12H2,1-2H3,(H,19,22)(H,20,21). The molecule has 0 bridgehead atoms. The number of rotatable bonds is 5. The summed E-state index contributed by atoms with van der Waals surface area (Å²) in [6, 6.07) is 9.42. The van der Waals surface area contributed by atoms with Gasteiger partial charge in [-0.3, -0.25) is 4.79 Å². The van der Waals surface area contributed by atoms with E-state index in [1.54, 1.807) is 0 Å². The lowest BCUT2D eigenvalue weighted by Crippen LogP contribution is -2.53. The first-order valence-electron chi connectivity index (χ1n) is 8.11. The Labute approximate surface area is 137 Å². The van der Waals surface area contributed by atoms with Crippen LogP contribution in [0, 0.1) is 11.8 Å². The summed E-state index contributed by atoms with van der Waals surface area (Å²) in [4.78, 5) is 23.4. The number of carboxylic acid groups (broad SMARTS) is 1. The van der Waals surface area contributed by atoms with Crippen molar-refractivity contribution >= 4 is 12.1 Å². The molecule has 23 heavy (non-hydrogen) atoms. The average Bonchev–Trinajstić information content (AvgIpc) is 2.50. The van der Waals surface area contributed by atoms with E-state index in [0.29, 0.717) is 24.7 Å². The van der Waals surface area contributed by atoms with Crippen LogP contribution in [-0.2, 0) is 16.1 Å². The summed E-state index contributed by atoms with van der Waals surface area (Å²) < 4.78 is 5.26. The molecule has 0 radical (unpaired) electrons. The molecule has 1 amide bonds. The zero-order chi connectivity index (χ0) is 16.9. The van der Waals surface area contributed by atoms with Crippen molar-refractivity contribution in [1.29, 1.82) is 0 Å². The minimum absolute atomic E-state index is 0.0650. The summed E-state index contributed by atoms with van der Waals surface area (Å²) >= 11 is 0. The minimum Gasteiger partial charge on any atom is -0.481 e. The average molecular weight is 319 g/mol. The van der Waals surface area contributed by atoms with Gasteiger partial charge in [-0.15, -0.1) is 0 Å². The predicted octanol–water partition coefficient (Wildman–Crippen LogP) is 3.58. The molecule has 2 N–H and O–H groups in total. The molecule has 1 saturated carbocycles. The fourth-order valence-electron chi connectivity index (χ4n) is 3.29. The molecule has 5 heteroatoms. The highest BCUT2D eigenvalue weighted by atomic mass is 16.5. The normalized spacial score (nSPS) is 27.2. The lowest BCUT2D eigenvalue weighted by Gasteiger charge is -2.42. The second kappa shape index (κ2) is 7.49. The van der Waals surface area contributed by atoms with Crippen LogP contribution in [0.25, 0.3) is 0 Å². The number of carboxylic acids is 1. The monoisotopic (exact) mass is 319 g/mol. The second-order valence-electron chi connectivity index (χ2n) is 6.73. The number of aliphatic carboxylic acids is 1. The maximum absolute atomic E-state index is 12.1. The van der Waals surface area contributed by atoms with Crippen molar-refractivity contribution in [3.05, 3.63) is 35.9 Å². The number of hydrogen-bond donors (Lipinski definition) is 2. The fraction of sp³-hybridized carbons (Fsp3) is 0.556. The van der Waals surface area contributed by atoms with Crippen molar-refractivity contribution in [1.82, 2.24) is 5.32 Å². The maximum atomic E-state index is 12.1. The lowest BCUT2D eigenvalue weighted by molar-refractivity contribution is -0.139. The molecule has 3 unspecified atom stereocenters. The first-order chi connectivity index (χ1) is 10.9. The Morgan fingerprint density at radius 3 is 2.57 bits per heavy atom. The summed E-state index contributed by atoms with van der Waals surface area (Å²) in [5.41, 5.74) is 0.200. The number of alkyl carbamates (subject to hydrolysis) is 1. The zero-order valence-electron chi connectivity index (χ0n) is 13.7. The van der Waals surface area contributed by atoms with Gasteiger partial charge in [-0.25, -0.2) is 4.79 Å². The maximum Gasteiger partial charge on any atom is 0.407 e. The van der Waals surface area contributed by atoms with Crippen LogP contribution in [0.3, 0.4) is 0 Å². The Bertz CT molecular complexity index is 545.